The summed E-state index contributed by atoms with van der Waals surface area (Å²) in [6.07, 6.45) is 1.37. The number of alkyl halides is 3. The van der Waals surface area contributed by atoms with E-state index in [1.54, 1.807) is 30.6 Å². The highest BCUT2D eigenvalue weighted by Crippen LogP contribution is 2.39. The zero-order valence-electron chi connectivity index (χ0n) is 25.4. The summed E-state index contributed by atoms with van der Waals surface area (Å²) in [6, 6.07) is 10.3. The van der Waals surface area contributed by atoms with Crippen molar-refractivity contribution in [2.75, 3.05) is 26.2 Å². The van der Waals surface area contributed by atoms with Gasteiger partial charge in [-0.3, -0.25) is 29.4 Å². The quantitative estimate of drug-likeness (QED) is 0.149. The maximum Gasteiger partial charge on any atom is 0.404 e. The molecule has 1 saturated heterocycles. The highest BCUT2D eigenvalue weighted by molar-refractivity contribution is 7.22. The van der Waals surface area contributed by atoms with Gasteiger partial charge in [0, 0.05) is 70.4 Å². The normalized spacial score (nSPS) is 16.9. The first kappa shape index (κ1) is 32.2. The van der Waals surface area contributed by atoms with E-state index in [2.05, 4.69) is 14.9 Å². The van der Waals surface area contributed by atoms with Gasteiger partial charge in [-0.2, -0.15) is 13.2 Å². The minimum absolute atomic E-state index is 0.0666. The van der Waals surface area contributed by atoms with Gasteiger partial charge in [-0.15, -0.1) is 11.3 Å². The third kappa shape index (κ3) is 7.97. The van der Waals surface area contributed by atoms with Crippen molar-refractivity contribution in [1.82, 2.24) is 19.8 Å². The van der Waals surface area contributed by atoms with Crippen molar-refractivity contribution in [3.05, 3.63) is 71.8 Å². The topological polar surface area (TPSA) is 75.6 Å². The van der Waals surface area contributed by atoms with E-state index in [0.717, 1.165) is 33.7 Å². The first-order chi connectivity index (χ1) is 22.0. The Morgan fingerprint density at radius 2 is 1.76 bits per heavy atom. The summed E-state index contributed by atoms with van der Waals surface area (Å²) in [7, 11) is 0. The van der Waals surface area contributed by atoms with Crippen molar-refractivity contribution in [1.29, 1.82) is 0 Å². The fourth-order valence-electron chi connectivity index (χ4n) is 5.80. The number of nitrogens with zero attached hydrogens (tertiary/aromatic N) is 4. The molecule has 242 valence electrons. The number of aromatic nitrogens is 2. The third-order valence-corrected chi connectivity index (χ3v) is 9.56. The molecule has 6 rings (SSSR count). The molecule has 0 N–H and O–H groups in total. The lowest BCUT2D eigenvalue weighted by atomic mass is 10.0. The first-order valence-corrected chi connectivity index (χ1v) is 16.2. The smallest absolute Gasteiger partial charge is 0.404 e. The Hall–Kier alpha value is -3.74. The van der Waals surface area contributed by atoms with Crippen molar-refractivity contribution in [3.8, 4) is 22.1 Å². The van der Waals surface area contributed by atoms with Gasteiger partial charge in [0.25, 0.3) is 0 Å². The lowest BCUT2D eigenvalue weighted by molar-refractivity contribution is -0.190. The van der Waals surface area contributed by atoms with E-state index >= 15 is 0 Å². The zero-order chi connectivity index (χ0) is 32.4. The van der Waals surface area contributed by atoms with Crippen LogP contribution in [0.1, 0.15) is 43.7 Å². The lowest BCUT2D eigenvalue weighted by Crippen LogP contribution is -2.55. The predicted molar refractivity (Wildman–Crippen MR) is 167 cm³/mol. The van der Waals surface area contributed by atoms with Gasteiger partial charge in [-0.1, -0.05) is 12.1 Å². The van der Waals surface area contributed by atoms with Crippen LogP contribution in [0, 0.1) is 11.7 Å². The molecule has 1 atom stereocenters. The van der Waals surface area contributed by atoms with E-state index in [-0.39, 0.29) is 31.0 Å². The lowest BCUT2D eigenvalue weighted by Gasteiger charge is -2.39. The second-order valence-corrected chi connectivity index (χ2v) is 13.2. The number of halogens is 4. The molecule has 0 spiro atoms. The molecular weight excluding hydrogens is 620 g/mol. The summed E-state index contributed by atoms with van der Waals surface area (Å²) >= 11 is 1.43. The molecule has 7 nitrogen and oxygen atoms in total. The highest BCUT2D eigenvalue weighted by atomic mass is 32.1. The zero-order valence-corrected chi connectivity index (χ0v) is 26.2. The van der Waals surface area contributed by atoms with E-state index < -0.39 is 30.2 Å². The number of benzene rings is 1. The van der Waals surface area contributed by atoms with Gasteiger partial charge in [-0.05, 0) is 61.1 Å². The summed E-state index contributed by atoms with van der Waals surface area (Å²) in [5.74, 6) is 0.148. The largest absolute Gasteiger partial charge is 0.453 e. The molecule has 1 aliphatic heterocycles. The van der Waals surface area contributed by atoms with E-state index in [9.17, 15) is 27.2 Å². The summed E-state index contributed by atoms with van der Waals surface area (Å²) < 4.78 is 62.2. The number of Topliss-reactive ketones (excluding diaryl/α,β-unsaturated/α-hetero) is 2. The van der Waals surface area contributed by atoms with E-state index in [0.29, 0.717) is 48.8 Å². The fourth-order valence-corrected chi connectivity index (χ4v) is 6.84. The molecule has 0 radical (unpaired) electrons. The van der Waals surface area contributed by atoms with Crippen LogP contribution in [0.25, 0.3) is 20.8 Å². The number of hydrogen-bond donors (Lipinski definition) is 0. The molecule has 4 aromatic rings. The molecule has 46 heavy (non-hydrogen) atoms. The molecule has 0 bridgehead atoms. The maximum atomic E-state index is 15.0. The molecule has 2 aliphatic rings. The number of hydrogen-bond acceptors (Lipinski definition) is 8. The van der Waals surface area contributed by atoms with Gasteiger partial charge in [0.1, 0.15) is 23.4 Å². The van der Waals surface area contributed by atoms with Gasteiger partial charge >= 0.3 is 6.18 Å². The predicted octanol–water partition coefficient (Wildman–Crippen LogP) is 7.23. The summed E-state index contributed by atoms with van der Waals surface area (Å²) in [4.78, 5) is 37.0. The number of thiophene rings is 1. The van der Waals surface area contributed by atoms with Gasteiger partial charge in [0.15, 0.2) is 11.6 Å². The average molecular weight is 655 g/mol. The van der Waals surface area contributed by atoms with E-state index in [4.69, 9.17) is 4.74 Å². The van der Waals surface area contributed by atoms with Crippen molar-refractivity contribution in [2.45, 2.75) is 57.8 Å². The van der Waals surface area contributed by atoms with Crippen LogP contribution in [-0.2, 0) is 22.6 Å². The van der Waals surface area contributed by atoms with Crippen LogP contribution in [0.3, 0.4) is 0 Å². The maximum absolute atomic E-state index is 15.0. The standard InChI is InChI=1S/C34H34F4N4O3S/c1-21(43)14-32(34(36,37)38)42-12-10-41(11-13-42)20-24-4-6-27(40-19-24)31-18-28-33(46-31)30(8-9-39-28)45-29-7-5-23(17-26(29)35)16-25(44)15-22-2-3-22/h4-9,17-19,22,32H,2-3,10-16,20H2,1H3. The average Bonchev–Trinajstić information content (AvgIpc) is 3.71. The highest BCUT2D eigenvalue weighted by Gasteiger charge is 2.44. The molecular formula is C34H34F4N4O3S. The van der Waals surface area contributed by atoms with Gasteiger partial charge in [-0.25, -0.2) is 4.39 Å². The molecule has 12 heteroatoms. The van der Waals surface area contributed by atoms with Crippen LogP contribution < -0.4 is 4.74 Å². The van der Waals surface area contributed by atoms with Crippen molar-refractivity contribution < 1.29 is 31.9 Å². The minimum Gasteiger partial charge on any atom is -0.453 e. The van der Waals surface area contributed by atoms with E-state index in [1.165, 1.54) is 29.2 Å². The number of ether oxygens (including phenoxy) is 1. The number of piperazine rings is 1. The molecule has 3 aromatic heterocycles. The molecule has 4 heterocycles. The second kappa shape index (κ2) is 13.5. The van der Waals surface area contributed by atoms with Gasteiger partial charge < -0.3 is 4.74 Å². The van der Waals surface area contributed by atoms with Crippen molar-refractivity contribution in [3.63, 3.8) is 0 Å². The Morgan fingerprint density at radius 3 is 2.41 bits per heavy atom. The minimum atomic E-state index is -4.44. The van der Waals surface area contributed by atoms with Crippen molar-refractivity contribution in [2.24, 2.45) is 5.92 Å². The second-order valence-electron chi connectivity index (χ2n) is 12.2. The molecule has 1 unspecified atom stereocenters. The Kier molecular flexibility index (Phi) is 9.49. The summed E-state index contributed by atoms with van der Waals surface area (Å²) in [5.41, 5.74) is 2.98. The molecule has 1 aromatic carbocycles. The molecule has 1 saturated carbocycles. The van der Waals surface area contributed by atoms with Gasteiger partial charge in [0.05, 0.1) is 20.8 Å². The Balaban J connectivity index is 1.08. The summed E-state index contributed by atoms with van der Waals surface area (Å²) in [5, 5.41) is 0. The van der Waals surface area contributed by atoms with Gasteiger partial charge in [0.2, 0.25) is 0 Å². The first-order valence-electron chi connectivity index (χ1n) is 15.4. The SMILES string of the molecule is CC(=O)CC(N1CCN(Cc2ccc(-c3cc4nccc(Oc5ccc(CC(=O)CC6CC6)cc5F)c4s3)nc2)CC1)C(F)(F)F. The number of carbonyl (C=O) groups excluding carboxylic acids is 2. The van der Waals surface area contributed by atoms with Crippen LogP contribution in [0.5, 0.6) is 11.5 Å². The van der Waals surface area contributed by atoms with Crippen LogP contribution >= 0.6 is 11.3 Å². The summed E-state index contributed by atoms with van der Waals surface area (Å²) in [6.45, 7) is 3.12. The van der Waals surface area contributed by atoms with Crippen LogP contribution in [0.15, 0.2) is 54.9 Å². The third-order valence-electron chi connectivity index (χ3n) is 8.40. The molecule has 1 aliphatic carbocycles. The monoisotopic (exact) mass is 654 g/mol. The molecule has 2 fully saturated rings. The molecule has 0 amide bonds. The van der Waals surface area contributed by atoms with Crippen LogP contribution in [0.4, 0.5) is 17.6 Å². The van der Waals surface area contributed by atoms with Crippen LogP contribution in [-0.4, -0.2) is 69.7 Å². The number of rotatable bonds is 12. The Bertz CT molecular complexity index is 1710. The van der Waals surface area contributed by atoms with E-state index in [1.807, 2.05) is 18.2 Å². The Labute approximate surface area is 268 Å². The number of fused-ring (bicyclic) bond motifs is 1. The number of pyridine rings is 2. The van der Waals surface area contributed by atoms with Crippen molar-refractivity contribution >= 4 is 33.1 Å². The Morgan fingerprint density at radius 1 is 1.00 bits per heavy atom. The number of carbonyl (C=O) groups is 2. The number of ketones is 2. The van der Waals surface area contributed by atoms with Crippen LogP contribution in [0.2, 0.25) is 0 Å². The fraction of sp³-hybridized carbons (Fsp3) is 0.412.